The van der Waals surface area contributed by atoms with Crippen molar-refractivity contribution in [3.05, 3.63) is 42.0 Å². The van der Waals surface area contributed by atoms with Crippen molar-refractivity contribution >= 4 is 17.1 Å². The summed E-state index contributed by atoms with van der Waals surface area (Å²) >= 11 is 0. The van der Waals surface area contributed by atoms with Crippen LogP contribution in [-0.4, -0.2) is 48.2 Å². The molecule has 0 aliphatic heterocycles. The third kappa shape index (κ3) is 4.17. The predicted octanol–water partition coefficient (Wildman–Crippen LogP) is 0.844. The summed E-state index contributed by atoms with van der Waals surface area (Å²) in [6, 6.07) is 11.3. The lowest BCUT2D eigenvalue weighted by molar-refractivity contribution is 0.281. The largest absolute Gasteiger partial charge is 0.399 e. The van der Waals surface area contributed by atoms with Crippen LogP contribution in [0.2, 0.25) is 0 Å². The first kappa shape index (κ1) is 18.1. The van der Waals surface area contributed by atoms with Crippen LogP contribution in [0.5, 0.6) is 0 Å². The number of nitrogen functional groups attached to an aromatic ring is 2. The third-order valence-electron chi connectivity index (χ3n) is 3.93. The molecule has 2 aromatic carbocycles. The molecule has 0 atom stereocenters. The Kier molecular flexibility index (Phi) is 6.43. The van der Waals surface area contributed by atoms with Gasteiger partial charge in [-0.3, -0.25) is 0 Å². The molecular formula is C18H25N3O3. The fraction of sp³-hybridized carbons (Fsp3) is 0.333. The molecule has 0 bridgehead atoms. The van der Waals surface area contributed by atoms with Crippen LogP contribution in [0.3, 0.4) is 0 Å². The second-order valence-electron chi connectivity index (χ2n) is 5.59. The number of nitrogens with two attached hydrogens (primary N) is 2. The summed E-state index contributed by atoms with van der Waals surface area (Å²) < 4.78 is 0. The van der Waals surface area contributed by atoms with E-state index < -0.39 is 0 Å². The van der Waals surface area contributed by atoms with Crippen LogP contribution in [0.25, 0.3) is 11.1 Å². The molecule has 0 fully saturated rings. The smallest absolute Gasteiger partial charge is 0.0606 e. The van der Waals surface area contributed by atoms with Gasteiger partial charge in [-0.1, -0.05) is 12.1 Å². The van der Waals surface area contributed by atoms with E-state index in [1.54, 1.807) is 6.07 Å². The highest BCUT2D eigenvalue weighted by molar-refractivity contribution is 5.79. The number of anilines is 3. The van der Waals surface area contributed by atoms with Gasteiger partial charge in [0.1, 0.15) is 0 Å². The Bertz CT molecular complexity index is 671. The van der Waals surface area contributed by atoms with Crippen molar-refractivity contribution in [2.45, 2.75) is 6.42 Å². The third-order valence-corrected chi connectivity index (χ3v) is 3.93. The Labute approximate surface area is 142 Å². The summed E-state index contributed by atoms with van der Waals surface area (Å²) in [6.07, 6.45) is 0.447. The van der Waals surface area contributed by atoms with E-state index >= 15 is 0 Å². The van der Waals surface area contributed by atoms with Crippen molar-refractivity contribution in [3.63, 3.8) is 0 Å². The highest BCUT2D eigenvalue weighted by atomic mass is 16.3. The first-order valence-electron chi connectivity index (χ1n) is 7.96. The van der Waals surface area contributed by atoms with E-state index in [1.165, 1.54) is 0 Å². The van der Waals surface area contributed by atoms with Gasteiger partial charge in [0.05, 0.1) is 13.2 Å². The zero-order chi connectivity index (χ0) is 17.5. The maximum Gasteiger partial charge on any atom is 0.0606 e. The van der Waals surface area contributed by atoms with E-state index in [1.807, 2.05) is 35.2 Å². The fourth-order valence-electron chi connectivity index (χ4n) is 2.85. The van der Waals surface area contributed by atoms with Crippen LogP contribution in [0, 0.1) is 0 Å². The number of rotatable bonds is 8. The highest BCUT2D eigenvalue weighted by Gasteiger charge is 2.12. The minimum absolute atomic E-state index is 0.00194. The Balaban J connectivity index is 2.48. The minimum Gasteiger partial charge on any atom is -0.399 e. The summed E-state index contributed by atoms with van der Waals surface area (Å²) in [7, 11) is 0. The van der Waals surface area contributed by atoms with Crippen LogP contribution in [0.1, 0.15) is 5.56 Å². The molecule has 0 aliphatic carbocycles. The van der Waals surface area contributed by atoms with Crippen LogP contribution < -0.4 is 16.4 Å². The lowest BCUT2D eigenvalue weighted by Crippen LogP contribution is -2.29. The van der Waals surface area contributed by atoms with Crippen LogP contribution in [-0.2, 0) is 6.42 Å². The van der Waals surface area contributed by atoms with E-state index in [0.717, 1.165) is 22.4 Å². The van der Waals surface area contributed by atoms with Gasteiger partial charge in [0.2, 0.25) is 0 Å². The van der Waals surface area contributed by atoms with Gasteiger partial charge >= 0.3 is 0 Å². The zero-order valence-corrected chi connectivity index (χ0v) is 13.7. The van der Waals surface area contributed by atoms with E-state index in [9.17, 15) is 15.3 Å². The molecule has 0 radical (unpaired) electrons. The SMILES string of the molecule is Nc1cc(N)c(CCO)c(-c2cccc(N(CCO)CCO)c2)c1. The van der Waals surface area contributed by atoms with Gasteiger partial charge in [-0.25, -0.2) is 0 Å². The molecule has 6 nitrogen and oxygen atoms in total. The summed E-state index contributed by atoms with van der Waals surface area (Å²) in [6.45, 7) is 0.886. The molecule has 0 amide bonds. The molecule has 0 saturated heterocycles. The molecule has 130 valence electrons. The summed E-state index contributed by atoms with van der Waals surface area (Å²) in [5.74, 6) is 0. The first-order chi connectivity index (χ1) is 11.6. The minimum atomic E-state index is 0.00194. The van der Waals surface area contributed by atoms with E-state index in [0.29, 0.717) is 30.9 Å². The number of nitrogens with zero attached hydrogens (tertiary/aromatic N) is 1. The molecule has 2 rings (SSSR count). The van der Waals surface area contributed by atoms with E-state index in [2.05, 4.69) is 0 Å². The van der Waals surface area contributed by atoms with Gasteiger partial charge in [-0.15, -0.1) is 0 Å². The van der Waals surface area contributed by atoms with Gasteiger partial charge in [0, 0.05) is 36.8 Å². The first-order valence-corrected chi connectivity index (χ1v) is 7.96. The zero-order valence-electron chi connectivity index (χ0n) is 13.7. The molecule has 0 heterocycles. The lowest BCUT2D eigenvalue weighted by Gasteiger charge is -2.24. The van der Waals surface area contributed by atoms with Crippen molar-refractivity contribution in [2.75, 3.05) is 49.3 Å². The number of hydrogen-bond acceptors (Lipinski definition) is 6. The lowest BCUT2D eigenvalue weighted by atomic mass is 9.95. The molecule has 0 aliphatic rings. The highest BCUT2D eigenvalue weighted by Crippen LogP contribution is 2.33. The molecular weight excluding hydrogens is 306 g/mol. The number of aliphatic hydroxyl groups excluding tert-OH is 3. The van der Waals surface area contributed by atoms with Crippen LogP contribution >= 0.6 is 0 Å². The summed E-state index contributed by atoms with van der Waals surface area (Å²) in [5.41, 5.74) is 16.7. The van der Waals surface area contributed by atoms with Crippen molar-refractivity contribution in [1.82, 2.24) is 0 Å². The maximum atomic E-state index is 9.32. The molecule has 0 unspecified atom stereocenters. The second kappa shape index (κ2) is 8.54. The molecule has 24 heavy (non-hydrogen) atoms. The summed E-state index contributed by atoms with van der Waals surface area (Å²) in [5, 5.41) is 27.7. The van der Waals surface area contributed by atoms with Gasteiger partial charge < -0.3 is 31.7 Å². The standard InChI is InChI=1S/C18H25N3O3/c19-14-11-17(16(4-7-22)18(20)12-14)13-2-1-3-15(10-13)21(5-8-23)6-9-24/h1-3,10-12,22-24H,4-9,19-20H2. The Morgan fingerprint density at radius 3 is 2.21 bits per heavy atom. The Morgan fingerprint density at radius 1 is 0.875 bits per heavy atom. The fourth-order valence-corrected chi connectivity index (χ4v) is 2.85. The molecule has 0 aromatic heterocycles. The van der Waals surface area contributed by atoms with Crippen molar-refractivity contribution < 1.29 is 15.3 Å². The Hall–Kier alpha value is -2.28. The predicted molar refractivity (Wildman–Crippen MR) is 97.9 cm³/mol. The Morgan fingerprint density at radius 2 is 1.58 bits per heavy atom. The number of hydrogen-bond donors (Lipinski definition) is 5. The van der Waals surface area contributed by atoms with E-state index in [-0.39, 0.29) is 19.8 Å². The van der Waals surface area contributed by atoms with Gasteiger partial charge in [-0.2, -0.15) is 0 Å². The second-order valence-corrected chi connectivity index (χ2v) is 5.59. The molecule has 0 saturated carbocycles. The summed E-state index contributed by atoms with van der Waals surface area (Å²) in [4.78, 5) is 1.91. The monoisotopic (exact) mass is 331 g/mol. The average Bonchev–Trinajstić information content (AvgIpc) is 2.57. The van der Waals surface area contributed by atoms with Gasteiger partial charge in [-0.05, 0) is 47.4 Å². The van der Waals surface area contributed by atoms with Crippen molar-refractivity contribution in [1.29, 1.82) is 0 Å². The number of benzene rings is 2. The van der Waals surface area contributed by atoms with Gasteiger partial charge in [0.25, 0.3) is 0 Å². The van der Waals surface area contributed by atoms with Crippen molar-refractivity contribution in [2.24, 2.45) is 0 Å². The van der Waals surface area contributed by atoms with Crippen molar-refractivity contribution in [3.8, 4) is 11.1 Å². The maximum absolute atomic E-state index is 9.32. The molecule has 0 spiro atoms. The normalized spacial score (nSPS) is 10.8. The molecule has 7 N–H and O–H groups in total. The van der Waals surface area contributed by atoms with E-state index in [4.69, 9.17) is 11.5 Å². The quantitative estimate of drug-likeness (QED) is 0.458. The van der Waals surface area contributed by atoms with Crippen LogP contribution in [0.15, 0.2) is 36.4 Å². The van der Waals surface area contributed by atoms with Crippen LogP contribution in [0.4, 0.5) is 17.1 Å². The molecule has 6 heteroatoms. The molecule has 2 aromatic rings. The van der Waals surface area contributed by atoms with Gasteiger partial charge in [0.15, 0.2) is 0 Å². The average molecular weight is 331 g/mol. The topological polar surface area (TPSA) is 116 Å². The number of aliphatic hydroxyl groups is 3.